The molecule has 1 aliphatic carbocycles. The quantitative estimate of drug-likeness (QED) is 0.874. The third-order valence-corrected chi connectivity index (χ3v) is 4.20. The number of rotatable bonds is 3. The summed E-state index contributed by atoms with van der Waals surface area (Å²) in [5, 5.41) is 9.46. The van der Waals surface area contributed by atoms with E-state index in [1.165, 1.54) is 0 Å². The SMILES string of the molecule is N#CCC1(Cn2cnc3cc(Br)ccc3c2=O)CC1. The number of hydrogen-bond donors (Lipinski definition) is 0. The standard InChI is InChI=1S/C14H12BrN3O/c15-10-1-2-11-12(7-10)17-9-18(13(11)19)8-14(3-4-14)5-6-16/h1-2,7,9H,3-5,8H2. The molecule has 0 aliphatic heterocycles. The molecule has 19 heavy (non-hydrogen) atoms. The highest BCUT2D eigenvalue weighted by Crippen LogP contribution is 2.49. The molecule has 1 heterocycles. The van der Waals surface area contributed by atoms with Crippen molar-refractivity contribution in [1.82, 2.24) is 9.55 Å². The molecule has 1 saturated carbocycles. The first-order chi connectivity index (χ1) is 9.13. The summed E-state index contributed by atoms with van der Waals surface area (Å²) in [5.41, 5.74) is 0.672. The first-order valence-corrected chi connectivity index (χ1v) is 6.95. The molecule has 1 fully saturated rings. The van der Waals surface area contributed by atoms with Crippen molar-refractivity contribution in [2.75, 3.05) is 0 Å². The lowest BCUT2D eigenvalue weighted by Crippen LogP contribution is -2.25. The average Bonchev–Trinajstić information content (AvgIpc) is 3.13. The van der Waals surface area contributed by atoms with Gasteiger partial charge in [0.05, 0.1) is 23.3 Å². The van der Waals surface area contributed by atoms with Gasteiger partial charge in [-0.3, -0.25) is 9.36 Å². The summed E-state index contributed by atoms with van der Waals surface area (Å²) in [7, 11) is 0. The minimum absolute atomic E-state index is 0.00327. The van der Waals surface area contributed by atoms with Crippen LogP contribution in [0.2, 0.25) is 0 Å². The van der Waals surface area contributed by atoms with Crippen LogP contribution < -0.4 is 5.56 Å². The Hall–Kier alpha value is -1.67. The predicted octanol–water partition coefficient (Wildman–Crippen LogP) is 2.85. The molecule has 0 atom stereocenters. The molecule has 0 amide bonds. The van der Waals surface area contributed by atoms with E-state index < -0.39 is 0 Å². The van der Waals surface area contributed by atoms with E-state index in [4.69, 9.17) is 5.26 Å². The first kappa shape index (κ1) is 12.4. The maximum Gasteiger partial charge on any atom is 0.261 e. The van der Waals surface area contributed by atoms with Crippen molar-refractivity contribution in [3.8, 4) is 6.07 Å². The molecule has 96 valence electrons. The van der Waals surface area contributed by atoms with Crippen molar-refractivity contribution in [1.29, 1.82) is 5.26 Å². The van der Waals surface area contributed by atoms with Crippen LogP contribution in [0.5, 0.6) is 0 Å². The molecule has 0 spiro atoms. The number of fused-ring (bicyclic) bond motifs is 1. The second-order valence-electron chi connectivity index (χ2n) is 5.17. The normalized spacial score (nSPS) is 16.2. The van der Waals surface area contributed by atoms with Crippen LogP contribution in [0.25, 0.3) is 10.9 Å². The van der Waals surface area contributed by atoms with Crippen LogP contribution in [0, 0.1) is 16.7 Å². The summed E-state index contributed by atoms with van der Waals surface area (Å²) in [6.45, 7) is 0.596. The highest BCUT2D eigenvalue weighted by atomic mass is 79.9. The highest BCUT2D eigenvalue weighted by molar-refractivity contribution is 9.10. The van der Waals surface area contributed by atoms with Gasteiger partial charge in [0.25, 0.3) is 5.56 Å². The van der Waals surface area contributed by atoms with Gasteiger partial charge in [-0.2, -0.15) is 5.26 Å². The Balaban J connectivity index is 2.02. The third kappa shape index (κ3) is 2.28. The Bertz CT molecular complexity index is 740. The van der Waals surface area contributed by atoms with E-state index in [0.717, 1.165) is 17.3 Å². The third-order valence-electron chi connectivity index (χ3n) is 3.70. The van der Waals surface area contributed by atoms with Crippen molar-refractivity contribution in [2.24, 2.45) is 5.41 Å². The van der Waals surface area contributed by atoms with Crippen LogP contribution in [0.15, 0.2) is 33.8 Å². The van der Waals surface area contributed by atoms with Gasteiger partial charge in [-0.05, 0) is 31.0 Å². The van der Waals surface area contributed by atoms with Crippen LogP contribution in [0.1, 0.15) is 19.3 Å². The lowest BCUT2D eigenvalue weighted by Gasteiger charge is -2.13. The van der Waals surface area contributed by atoms with Crippen LogP contribution >= 0.6 is 15.9 Å². The maximum atomic E-state index is 12.4. The summed E-state index contributed by atoms with van der Waals surface area (Å²) >= 11 is 3.37. The number of hydrogen-bond acceptors (Lipinski definition) is 3. The van der Waals surface area contributed by atoms with E-state index in [1.807, 2.05) is 12.1 Å². The Labute approximate surface area is 118 Å². The number of halogens is 1. The second-order valence-corrected chi connectivity index (χ2v) is 6.09. The summed E-state index contributed by atoms with van der Waals surface area (Å²) in [6.07, 6.45) is 4.14. The van der Waals surface area contributed by atoms with Gasteiger partial charge in [0.2, 0.25) is 0 Å². The molecule has 0 unspecified atom stereocenters. The highest BCUT2D eigenvalue weighted by Gasteiger charge is 2.42. The van der Waals surface area contributed by atoms with Crippen LogP contribution in [0.3, 0.4) is 0 Å². The van der Waals surface area contributed by atoms with Gasteiger partial charge in [0.15, 0.2) is 0 Å². The molecule has 1 aromatic heterocycles. The van der Waals surface area contributed by atoms with E-state index in [1.54, 1.807) is 17.0 Å². The summed E-state index contributed by atoms with van der Waals surface area (Å²) in [4.78, 5) is 16.7. The van der Waals surface area contributed by atoms with Crippen molar-refractivity contribution >= 4 is 26.8 Å². The second kappa shape index (κ2) is 4.46. The molecule has 0 radical (unpaired) electrons. The first-order valence-electron chi connectivity index (χ1n) is 6.15. The zero-order valence-electron chi connectivity index (χ0n) is 10.3. The Morgan fingerprint density at radius 1 is 1.47 bits per heavy atom. The van der Waals surface area contributed by atoms with Gasteiger partial charge in [-0.25, -0.2) is 4.98 Å². The van der Waals surface area contributed by atoms with Crippen molar-refractivity contribution in [2.45, 2.75) is 25.8 Å². The number of nitrogens with zero attached hydrogens (tertiary/aromatic N) is 3. The van der Waals surface area contributed by atoms with Gasteiger partial charge >= 0.3 is 0 Å². The summed E-state index contributed by atoms with van der Waals surface area (Å²) < 4.78 is 2.55. The van der Waals surface area contributed by atoms with Crippen LogP contribution in [-0.2, 0) is 6.54 Å². The van der Waals surface area contributed by atoms with E-state index in [-0.39, 0.29) is 11.0 Å². The zero-order valence-corrected chi connectivity index (χ0v) is 11.9. The lowest BCUT2D eigenvalue weighted by molar-refractivity contribution is 0.422. The van der Waals surface area contributed by atoms with Crippen LogP contribution in [0.4, 0.5) is 0 Å². The number of benzene rings is 1. The van der Waals surface area contributed by atoms with Crippen LogP contribution in [-0.4, -0.2) is 9.55 Å². The van der Waals surface area contributed by atoms with Gasteiger partial charge in [-0.1, -0.05) is 15.9 Å². The number of nitriles is 1. The molecule has 5 heteroatoms. The summed E-state index contributed by atoms with van der Waals surface area (Å²) in [5.74, 6) is 0. The van der Waals surface area contributed by atoms with Crippen molar-refractivity contribution in [3.63, 3.8) is 0 Å². The van der Waals surface area contributed by atoms with E-state index in [9.17, 15) is 4.79 Å². The Kier molecular flexibility index (Phi) is 2.90. The molecule has 2 aromatic rings. The predicted molar refractivity (Wildman–Crippen MR) is 75.6 cm³/mol. The largest absolute Gasteiger partial charge is 0.298 e. The lowest BCUT2D eigenvalue weighted by atomic mass is 10.0. The summed E-state index contributed by atoms with van der Waals surface area (Å²) in [6, 6.07) is 7.68. The smallest absolute Gasteiger partial charge is 0.261 e. The Morgan fingerprint density at radius 3 is 2.95 bits per heavy atom. The van der Waals surface area contributed by atoms with E-state index in [0.29, 0.717) is 23.9 Å². The van der Waals surface area contributed by atoms with E-state index >= 15 is 0 Å². The van der Waals surface area contributed by atoms with Crippen molar-refractivity contribution in [3.05, 3.63) is 39.4 Å². The molecular weight excluding hydrogens is 306 g/mol. The molecular formula is C14H12BrN3O. The molecule has 0 N–H and O–H groups in total. The molecule has 0 saturated heterocycles. The fraction of sp³-hybridized carbons (Fsp3) is 0.357. The Morgan fingerprint density at radius 2 is 2.26 bits per heavy atom. The fourth-order valence-corrected chi connectivity index (χ4v) is 2.69. The molecule has 0 bridgehead atoms. The maximum absolute atomic E-state index is 12.4. The van der Waals surface area contributed by atoms with Gasteiger partial charge in [0, 0.05) is 22.9 Å². The zero-order chi connectivity index (χ0) is 13.5. The molecule has 3 rings (SSSR count). The molecule has 1 aromatic carbocycles. The van der Waals surface area contributed by atoms with Gasteiger partial charge in [0.1, 0.15) is 0 Å². The minimum atomic E-state index is -0.0262. The van der Waals surface area contributed by atoms with Gasteiger partial charge < -0.3 is 0 Å². The minimum Gasteiger partial charge on any atom is -0.298 e. The van der Waals surface area contributed by atoms with E-state index in [2.05, 4.69) is 27.0 Å². The monoisotopic (exact) mass is 317 g/mol. The fourth-order valence-electron chi connectivity index (χ4n) is 2.34. The van der Waals surface area contributed by atoms with Gasteiger partial charge in [-0.15, -0.1) is 0 Å². The average molecular weight is 318 g/mol. The molecule has 1 aliphatic rings. The topological polar surface area (TPSA) is 58.7 Å². The molecule has 4 nitrogen and oxygen atoms in total. The van der Waals surface area contributed by atoms with Crippen molar-refractivity contribution < 1.29 is 0 Å². The number of aromatic nitrogens is 2.